The third-order valence-corrected chi connectivity index (χ3v) is 2.46. The zero-order valence-corrected chi connectivity index (χ0v) is 11.1. The Bertz CT molecular complexity index is 535. The Balaban J connectivity index is 1.96. The zero-order chi connectivity index (χ0) is 13.7. The van der Waals surface area contributed by atoms with Crippen molar-refractivity contribution in [2.75, 3.05) is 6.54 Å². The summed E-state index contributed by atoms with van der Waals surface area (Å²) >= 11 is 0. The van der Waals surface area contributed by atoms with Crippen LogP contribution in [-0.4, -0.2) is 32.6 Å². The second kappa shape index (κ2) is 6.08. The lowest BCUT2D eigenvalue weighted by Crippen LogP contribution is -2.29. The van der Waals surface area contributed by atoms with Crippen LogP contribution in [0.2, 0.25) is 0 Å². The predicted molar refractivity (Wildman–Crippen MR) is 71.2 cm³/mol. The molecule has 0 unspecified atom stereocenters. The Morgan fingerprint density at radius 3 is 2.95 bits per heavy atom. The van der Waals surface area contributed by atoms with Gasteiger partial charge < -0.3 is 5.32 Å². The second-order valence-corrected chi connectivity index (χ2v) is 4.70. The molecule has 0 aliphatic carbocycles. The highest BCUT2D eigenvalue weighted by atomic mass is 16.1. The van der Waals surface area contributed by atoms with Crippen LogP contribution in [0.25, 0.3) is 11.5 Å². The highest BCUT2D eigenvalue weighted by Crippen LogP contribution is 2.10. The zero-order valence-electron chi connectivity index (χ0n) is 11.1. The molecule has 100 valence electrons. The molecule has 0 spiro atoms. The first-order valence-electron chi connectivity index (χ1n) is 6.24. The highest BCUT2D eigenvalue weighted by Gasteiger charge is 2.10. The standard InChI is InChI=1S/C13H17N5O/c1-9(2)8-15-12(19)7-11-16-13(18-17-11)10-5-3-4-6-14-10/h3-6,9H,7-8H2,1-2H3,(H,15,19)(H,16,17,18). The van der Waals surface area contributed by atoms with E-state index < -0.39 is 0 Å². The van der Waals surface area contributed by atoms with Crippen LogP contribution >= 0.6 is 0 Å². The number of hydrogen-bond donors (Lipinski definition) is 2. The first-order chi connectivity index (χ1) is 9.15. The van der Waals surface area contributed by atoms with Gasteiger partial charge in [-0.1, -0.05) is 19.9 Å². The SMILES string of the molecule is CC(C)CNC(=O)Cc1nc(-c2ccccn2)n[nH]1. The van der Waals surface area contributed by atoms with Gasteiger partial charge in [0.05, 0.1) is 6.42 Å². The van der Waals surface area contributed by atoms with Crippen molar-refractivity contribution < 1.29 is 4.79 Å². The van der Waals surface area contributed by atoms with E-state index in [4.69, 9.17) is 0 Å². The topological polar surface area (TPSA) is 83.6 Å². The maximum absolute atomic E-state index is 11.6. The summed E-state index contributed by atoms with van der Waals surface area (Å²) in [5, 5.41) is 9.65. The Labute approximate surface area is 111 Å². The van der Waals surface area contributed by atoms with Gasteiger partial charge in [-0.2, -0.15) is 5.10 Å². The first-order valence-corrected chi connectivity index (χ1v) is 6.24. The first kappa shape index (κ1) is 13.2. The molecule has 0 aliphatic rings. The third kappa shape index (κ3) is 3.87. The number of carbonyl (C=O) groups is 1. The van der Waals surface area contributed by atoms with Crippen LogP contribution in [0.5, 0.6) is 0 Å². The number of amides is 1. The normalized spacial score (nSPS) is 10.7. The molecule has 2 aromatic heterocycles. The van der Waals surface area contributed by atoms with Gasteiger partial charge in [-0.15, -0.1) is 0 Å². The van der Waals surface area contributed by atoms with E-state index in [1.165, 1.54) is 0 Å². The summed E-state index contributed by atoms with van der Waals surface area (Å²) in [5.41, 5.74) is 0.688. The summed E-state index contributed by atoms with van der Waals surface area (Å²) in [6, 6.07) is 5.52. The van der Waals surface area contributed by atoms with Crippen molar-refractivity contribution in [3.8, 4) is 11.5 Å². The number of aromatic nitrogens is 4. The van der Waals surface area contributed by atoms with E-state index in [9.17, 15) is 4.79 Å². The molecular formula is C13H17N5O. The van der Waals surface area contributed by atoms with Gasteiger partial charge in [-0.05, 0) is 18.1 Å². The fraction of sp³-hybridized carbons (Fsp3) is 0.385. The number of hydrogen-bond acceptors (Lipinski definition) is 4. The summed E-state index contributed by atoms with van der Waals surface area (Å²) in [4.78, 5) is 20.1. The van der Waals surface area contributed by atoms with E-state index in [-0.39, 0.29) is 12.3 Å². The average Bonchev–Trinajstić information content (AvgIpc) is 2.86. The van der Waals surface area contributed by atoms with Crippen LogP contribution in [0.1, 0.15) is 19.7 Å². The Morgan fingerprint density at radius 2 is 2.26 bits per heavy atom. The quantitative estimate of drug-likeness (QED) is 0.844. The second-order valence-electron chi connectivity index (χ2n) is 4.70. The monoisotopic (exact) mass is 259 g/mol. The number of carbonyl (C=O) groups excluding carboxylic acids is 1. The molecule has 0 bridgehead atoms. The van der Waals surface area contributed by atoms with E-state index in [2.05, 4.69) is 25.5 Å². The largest absolute Gasteiger partial charge is 0.355 e. The molecule has 1 amide bonds. The lowest BCUT2D eigenvalue weighted by atomic mass is 10.2. The van der Waals surface area contributed by atoms with E-state index >= 15 is 0 Å². The molecule has 0 aromatic carbocycles. The fourth-order valence-electron chi connectivity index (χ4n) is 1.52. The van der Waals surface area contributed by atoms with E-state index in [1.54, 1.807) is 6.20 Å². The van der Waals surface area contributed by atoms with E-state index in [0.29, 0.717) is 29.8 Å². The van der Waals surface area contributed by atoms with Crippen molar-refractivity contribution in [1.82, 2.24) is 25.5 Å². The van der Waals surface area contributed by atoms with Crippen LogP contribution in [0.15, 0.2) is 24.4 Å². The molecule has 6 nitrogen and oxygen atoms in total. The Morgan fingerprint density at radius 1 is 1.42 bits per heavy atom. The molecule has 0 saturated carbocycles. The Kier molecular flexibility index (Phi) is 4.22. The molecule has 19 heavy (non-hydrogen) atoms. The molecule has 0 aliphatic heterocycles. The molecule has 2 N–H and O–H groups in total. The molecule has 2 aromatic rings. The van der Waals surface area contributed by atoms with Crippen LogP contribution in [0.3, 0.4) is 0 Å². The van der Waals surface area contributed by atoms with Crippen molar-refractivity contribution in [2.24, 2.45) is 5.92 Å². The third-order valence-electron chi connectivity index (χ3n) is 2.46. The van der Waals surface area contributed by atoms with Gasteiger partial charge in [0.15, 0.2) is 5.82 Å². The molecule has 6 heteroatoms. The lowest BCUT2D eigenvalue weighted by Gasteiger charge is -2.05. The van der Waals surface area contributed by atoms with Crippen molar-refractivity contribution >= 4 is 5.91 Å². The number of pyridine rings is 1. The summed E-state index contributed by atoms with van der Waals surface area (Å²) in [5.74, 6) is 1.43. The molecular weight excluding hydrogens is 242 g/mol. The van der Waals surface area contributed by atoms with Crippen LogP contribution < -0.4 is 5.32 Å². The van der Waals surface area contributed by atoms with E-state index in [1.807, 2.05) is 32.0 Å². The minimum atomic E-state index is -0.0579. The van der Waals surface area contributed by atoms with Gasteiger partial charge in [0.2, 0.25) is 5.91 Å². The summed E-state index contributed by atoms with van der Waals surface area (Å²) < 4.78 is 0. The van der Waals surface area contributed by atoms with Crippen LogP contribution in [0.4, 0.5) is 0 Å². The molecule has 0 atom stereocenters. The van der Waals surface area contributed by atoms with Crippen LogP contribution in [0, 0.1) is 5.92 Å². The van der Waals surface area contributed by atoms with Crippen molar-refractivity contribution in [3.05, 3.63) is 30.2 Å². The minimum Gasteiger partial charge on any atom is -0.355 e. The maximum Gasteiger partial charge on any atom is 0.227 e. The van der Waals surface area contributed by atoms with Gasteiger partial charge in [-0.3, -0.25) is 14.9 Å². The molecule has 0 fully saturated rings. The van der Waals surface area contributed by atoms with Gasteiger partial charge in [0.1, 0.15) is 11.5 Å². The number of H-pyrrole nitrogens is 1. The summed E-state index contributed by atoms with van der Waals surface area (Å²) in [6.45, 7) is 4.77. The summed E-state index contributed by atoms with van der Waals surface area (Å²) in [7, 11) is 0. The number of nitrogens with one attached hydrogen (secondary N) is 2. The minimum absolute atomic E-state index is 0.0579. The van der Waals surface area contributed by atoms with E-state index in [0.717, 1.165) is 0 Å². The smallest absolute Gasteiger partial charge is 0.227 e. The molecule has 0 radical (unpaired) electrons. The predicted octanol–water partition coefficient (Wildman–Crippen LogP) is 1.18. The number of aromatic amines is 1. The highest BCUT2D eigenvalue weighted by molar-refractivity contribution is 5.77. The van der Waals surface area contributed by atoms with Gasteiger partial charge in [0, 0.05) is 12.7 Å². The van der Waals surface area contributed by atoms with Crippen molar-refractivity contribution in [3.63, 3.8) is 0 Å². The van der Waals surface area contributed by atoms with Gasteiger partial charge >= 0.3 is 0 Å². The van der Waals surface area contributed by atoms with Gasteiger partial charge in [-0.25, -0.2) is 4.98 Å². The van der Waals surface area contributed by atoms with Crippen molar-refractivity contribution in [2.45, 2.75) is 20.3 Å². The number of nitrogens with zero attached hydrogens (tertiary/aromatic N) is 3. The Hall–Kier alpha value is -2.24. The van der Waals surface area contributed by atoms with Gasteiger partial charge in [0.25, 0.3) is 0 Å². The maximum atomic E-state index is 11.6. The number of rotatable bonds is 5. The fourth-order valence-corrected chi connectivity index (χ4v) is 1.52. The average molecular weight is 259 g/mol. The molecule has 0 saturated heterocycles. The summed E-state index contributed by atoms with van der Waals surface area (Å²) in [6.07, 6.45) is 1.88. The molecule has 2 heterocycles. The molecule has 2 rings (SSSR count). The van der Waals surface area contributed by atoms with Crippen molar-refractivity contribution in [1.29, 1.82) is 0 Å². The van der Waals surface area contributed by atoms with Crippen LogP contribution in [-0.2, 0) is 11.2 Å². The lowest BCUT2D eigenvalue weighted by molar-refractivity contribution is -0.120.